The van der Waals surface area contributed by atoms with Crippen molar-refractivity contribution in [1.29, 1.82) is 5.26 Å². The number of fused-ring (bicyclic) bond motifs is 1. The fraction of sp³-hybridized carbons (Fsp3) is 0.200. The number of pyridine rings is 2. The molecule has 38 heavy (non-hydrogen) atoms. The Hall–Kier alpha value is -5.09. The zero-order valence-electron chi connectivity index (χ0n) is 20.4. The van der Waals surface area contributed by atoms with Gasteiger partial charge >= 0.3 is 6.03 Å². The van der Waals surface area contributed by atoms with Crippen molar-refractivity contribution in [1.82, 2.24) is 39.5 Å². The number of nitrogens with zero attached hydrogens (tertiary/aromatic N) is 8. The first-order valence-corrected chi connectivity index (χ1v) is 11.5. The fourth-order valence-corrected chi connectivity index (χ4v) is 3.65. The molecule has 0 aliphatic rings. The van der Waals surface area contributed by atoms with Crippen LogP contribution in [0.15, 0.2) is 61.6 Å². The van der Waals surface area contributed by atoms with E-state index in [0.717, 1.165) is 16.4 Å². The second kappa shape index (κ2) is 9.75. The first-order valence-electron chi connectivity index (χ1n) is 11.5. The number of amides is 1. The molecule has 0 saturated carbocycles. The summed E-state index contributed by atoms with van der Waals surface area (Å²) >= 11 is 0. The van der Waals surface area contributed by atoms with Crippen molar-refractivity contribution in [2.24, 2.45) is 0 Å². The first kappa shape index (κ1) is 24.6. The molecule has 5 aromatic rings. The Labute approximate surface area is 215 Å². The van der Waals surface area contributed by atoms with Gasteiger partial charge in [-0.25, -0.2) is 23.4 Å². The number of nitrogens with one attached hydrogen (secondary N) is 1. The largest absolute Gasteiger partial charge is 0.489 e. The van der Waals surface area contributed by atoms with Gasteiger partial charge in [-0.1, -0.05) is 6.07 Å². The minimum absolute atomic E-state index is 0.0423. The van der Waals surface area contributed by atoms with Crippen LogP contribution in [0.3, 0.4) is 0 Å². The highest BCUT2D eigenvalue weighted by molar-refractivity contribution is 5.86. The topological polar surface area (TPSA) is 148 Å². The van der Waals surface area contributed by atoms with Crippen molar-refractivity contribution in [3.63, 3.8) is 0 Å². The van der Waals surface area contributed by atoms with Crippen LogP contribution in [-0.2, 0) is 6.54 Å². The van der Waals surface area contributed by atoms with Gasteiger partial charge in [0, 0.05) is 30.1 Å². The Kier molecular flexibility index (Phi) is 6.31. The van der Waals surface area contributed by atoms with E-state index in [1.807, 2.05) is 0 Å². The van der Waals surface area contributed by atoms with Gasteiger partial charge in [-0.15, -0.1) is 0 Å². The van der Waals surface area contributed by atoms with Gasteiger partial charge in [-0.2, -0.15) is 25.2 Å². The molecule has 0 unspecified atom stereocenters. The summed E-state index contributed by atoms with van der Waals surface area (Å²) in [6.45, 7) is 3.48. The van der Waals surface area contributed by atoms with E-state index in [9.17, 15) is 19.6 Å². The summed E-state index contributed by atoms with van der Waals surface area (Å²) < 4.78 is 22.9. The lowest BCUT2D eigenvalue weighted by atomic mass is 10.1. The predicted molar refractivity (Wildman–Crippen MR) is 132 cm³/mol. The minimum atomic E-state index is -1.05. The summed E-state index contributed by atoms with van der Waals surface area (Å²) in [5.74, 6) is 0.401. The molecule has 0 aliphatic heterocycles. The van der Waals surface area contributed by atoms with Gasteiger partial charge in [0.25, 0.3) is 0 Å². The van der Waals surface area contributed by atoms with Gasteiger partial charge in [-0.3, -0.25) is 0 Å². The molecule has 2 N–H and O–H groups in total. The van der Waals surface area contributed by atoms with Gasteiger partial charge in [0.15, 0.2) is 11.6 Å². The van der Waals surface area contributed by atoms with E-state index in [1.54, 1.807) is 44.4 Å². The van der Waals surface area contributed by atoms with E-state index in [4.69, 9.17) is 4.74 Å². The Bertz CT molecular complexity index is 1660. The highest BCUT2D eigenvalue weighted by atomic mass is 19.1. The molecule has 0 fully saturated rings. The average molecular weight is 516 g/mol. The van der Waals surface area contributed by atoms with Gasteiger partial charge < -0.3 is 15.2 Å². The summed E-state index contributed by atoms with van der Waals surface area (Å²) in [6.07, 6.45) is 9.96. The molecule has 0 aromatic carbocycles. The van der Waals surface area contributed by atoms with E-state index in [2.05, 4.69) is 31.7 Å². The number of aromatic nitrogens is 7. The van der Waals surface area contributed by atoms with E-state index in [0.29, 0.717) is 33.8 Å². The number of carbonyl (C=O) groups excluding carboxylic acids is 1. The number of aliphatic hydroxyl groups is 1. The van der Waals surface area contributed by atoms with Crippen molar-refractivity contribution in [2.45, 2.75) is 26.0 Å². The molecular formula is C25H22FN9O3. The van der Waals surface area contributed by atoms with Gasteiger partial charge in [0.1, 0.15) is 18.4 Å². The maximum atomic E-state index is 13.2. The summed E-state index contributed by atoms with van der Waals surface area (Å²) in [5, 5.41) is 34.6. The Balaban J connectivity index is 1.33. The monoisotopic (exact) mass is 515 g/mol. The van der Waals surface area contributed by atoms with Gasteiger partial charge in [0.2, 0.25) is 0 Å². The highest BCUT2D eigenvalue weighted by Crippen LogP contribution is 2.31. The standard InChI is InChI=1S/C25H22FN9O3/c1-25(2,37)15-38-20-5-21(23-17(6-27)9-30-34(23)14-20)18-10-31-35(12-18)24(36)29-8-16-3-4-22(28-7-16)33-13-19(26)11-32-33/h3-5,7,9-14,37H,8,15H2,1-2H3,(H,29,36). The summed E-state index contributed by atoms with van der Waals surface area (Å²) in [5.41, 5.74) is 1.70. The number of halogens is 1. The van der Waals surface area contributed by atoms with Crippen molar-refractivity contribution in [3.8, 4) is 28.8 Å². The van der Waals surface area contributed by atoms with Crippen molar-refractivity contribution < 1.29 is 19.0 Å². The molecule has 0 aliphatic carbocycles. The molecule has 0 radical (unpaired) electrons. The van der Waals surface area contributed by atoms with Crippen molar-refractivity contribution in [3.05, 3.63) is 78.5 Å². The number of hydrogen-bond acceptors (Lipinski definition) is 8. The van der Waals surface area contributed by atoms with Gasteiger partial charge in [-0.05, 0) is 31.5 Å². The molecular weight excluding hydrogens is 493 g/mol. The molecule has 0 saturated heterocycles. The lowest BCUT2D eigenvalue weighted by molar-refractivity contribution is 0.0283. The fourth-order valence-electron chi connectivity index (χ4n) is 3.65. The van der Waals surface area contributed by atoms with Gasteiger partial charge in [0.05, 0.1) is 47.7 Å². The van der Waals surface area contributed by atoms with E-state index < -0.39 is 17.4 Å². The molecule has 1 amide bonds. The summed E-state index contributed by atoms with van der Waals surface area (Å²) in [7, 11) is 0. The Morgan fingerprint density at radius 2 is 2.00 bits per heavy atom. The second-order valence-electron chi connectivity index (χ2n) is 9.11. The molecule has 0 spiro atoms. The van der Waals surface area contributed by atoms with E-state index in [-0.39, 0.29) is 13.2 Å². The number of carbonyl (C=O) groups is 1. The van der Waals surface area contributed by atoms with Crippen LogP contribution in [0.5, 0.6) is 5.75 Å². The number of hydrogen-bond donors (Lipinski definition) is 2. The van der Waals surface area contributed by atoms with Crippen LogP contribution in [-0.4, -0.2) is 57.5 Å². The number of rotatable bonds is 7. The Morgan fingerprint density at radius 1 is 1.16 bits per heavy atom. The number of nitriles is 1. The normalized spacial score (nSPS) is 11.4. The van der Waals surface area contributed by atoms with Crippen LogP contribution >= 0.6 is 0 Å². The zero-order chi connectivity index (χ0) is 26.9. The lowest BCUT2D eigenvalue weighted by Gasteiger charge is -2.18. The molecule has 192 valence electrons. The minimum Gasteiger partial charge on any atom is -0.489 e. The maximum absolute atomic E-state index is 13.2. The molecule has 0 atom stereocenters. The smallest absolute Gasteiger partial charge is 0.342 e. The molecule has 12 nitrogen and oxygen atoms in total. The lowest BCUT2D eigenvalue weighted by Crippen LogP contribution is -2.28. The Morgan fingerprint density at radius 3 is 2.68 bits per heavy atom. The van der Waals surface area contributed by atoms with Crippen LogP contribution in [0, 0.1) is 17.1 Å². The van der Waals surface area contributed by atoms with E-state index >= 15 is 0 Å². The van der Waals surface area contributed by atoms with Crippen LogP contribution in [0.25, 0.3) is 22.5 Å². The quantitative estimate of drug-likeness (QED) is 0.336. The summed E-state index contributed by atoms with van der Waals surface area (Å²) in [6, 6.07) is 6.76. The molecule has 5 aromatic heterocycles. The third-order valence-electron chi connectivity index (χ3n) is 5.44. The molecule has 0 bridgehead atoms. The van der Waals surface area contributed by atoms with Crippen LogP contribution in [0.4, 0.5) is 9.18 Å². The van der Waals surface area contributed by atoms with Crippen LogP contribution in [0.1, 0.15) is 25.0 Å². The third-order valence-corrected chi connectivity index (χ3v) is 5.44. The van der Waals surface area contributed by atoms with E-state index in [1.165, 1.54) is 34.0 Å². The summed E-state index contributed by atoms with van der Waals surface area (Å²) in [4.78, 5) is 17.0. The number of ether oxygens (including phenoxy) is 1. The average Bonchev–Trinajstić information content (AvgIpc) is 3.65. The SMILES string of the molecule is CC(C)(O)COc1cc(-c2cnn(C(=O)NCc3ccc(-n4cc(F)cn4)nc3)c2)c2c(C#N)cnn2c1. The third kappa shape index (κ3) is 5.20. The highest BCUT2D eigenvalue weighted by Gasteiger charge is 2.18. The first-order chi connectivity index (χ1) is 18.2. The van der Waals surface area contributed by atoms with Crippen LogP contribution in [0.2, 0.25) is 0 Å². The zero-order valence-corrected chi connectivity index (χ0v) is 20.4. The van der Waals surface area contributed by atoms with Crippen molar-refractivity contribution >= 4 is 11.5 Å². The maximum Gasteiger partial charge on any atom is 0.342 e. The molecule has 13 heteroatoms. The second-order valence-corrected chi connectivity index (χ2v) is 9.11. The van der Waals surface area contributed by atoms with Crippen LogP contribution < -0.4 is 10.1 Å². The molecule has 5 heterocycles. The predicted octanol–water partition coefficient (Wildman–Crippen LogP) is 2.70. The molecule has 5 rings (SSSR count). The van der Waals surface area contributed by atoms with Crippen molar-refractivity contribution in [2.75, 3.05) is 6.61 Å².